The van der Waals surface area contributed by atoms with E-state index in [1.54, 1.807) is 32.9 Å². The number of nitrogens with zero attached hydrogens (tertiary/aromatic N) is 2. The highest BCUT2D eigenvalue weighted by Crippen LogP contribution is 2.44. The minimum Gasteiger partial charge on any atom is -0.480 e. The lowest BCUT2D eigenvalue weighted by atomic mass is 9.98. The maximum Gasteiger partial charge on any atom is 0.420 e. The zero-order valence-corrected chi connectivity index (χ0v) is 21.9. The van der Waals surface area contributed by atoms with Crippen molar-refractivity contribution in [1.29, 1.82) is 0 Å². The van der Waals surface area contributed by atoms with E-state index in [2.05, 4.69) is 10.3 Å². The molecule has 39 heavy (non-hydrogen) atoms. The molecule has 0 saturated carbocycles. The summed E-state index contributed by atoms with van der Waals surface area (Å²) >= 11 is 0. The summed E-state index contributed by atoms with van der Waals surface area (Å²) in [6.45, 7) is 5.32. The molecule has 1 aliphatic rings. The van der Waals surface area contributed by atoms with Crippen LogP contribution in [0.1, 0.15) is 43.4 Å². The first-order valence-electron chi connectivity index (χ1n) is 12.6. The van der Waals surface area contributed by atoms with Gasteiger partial charge in [-0.15, -0.1) is 0 Å². The predicted octanol–water partition coefficient (Wildman–Crippen LogP) is 5.35. The lowest BCUT2D eigenvalue weighted by Gasteiger charge is -2.19. The van der Waals surface area contributed by atoms with E-state index in [-0.39, 0.29) is 18.9 Å². The van der Waals surface area contributed by atoms with Crippen LogP contribution in [0.25, 0.3) is 22.2 Å². The Bertz CT molecular complexity index is 1520. The van der Waals surface area contributed by atoms with E-state index in [9.17, 15) is 19.5 Å². The number of rotatable bonds is 6. The van der Waals surface area contributed by atoms with Gasteiger partial charge in [0.2, 0.25) is 0 Å². The second-order valence-corrected chi connectivity index (χ2v) is 10.4. The van der Waals surface area contributed by atoms with Crippen LogP contribution in [0.2, 0.25) is 0 Å². The average molecular weight is 528 g/mol. The highest BCUT2D eigenvalue weighted by molar-refractivity contribution is 5.90. The molecule has 1 aliphatic carbocycles. The zero-order chi connectivity index (χ0) is 27.7. The van der Waals surface area contributed by atoms with Crippen LogP contribution in [0, 0.1) is 0 Å². The summed E-state index contributed by atoms with van der Waals surface area (Å²) in [6.07, 6.45) is 1.49. The van der Waals surface area contributed by atoms with Gasteiger partial charge in [-0.2, -0.15) is 0 Å². The summed E-state index contributed by atoms with van der Waals surface area (Å²) in [6, 6.07) is 18.1. The van der Waals surface area contributed by atoms with Crippen molar-refractivity contribution in [3.8, 4) is 11.1 Å². The molecule has 1 atom stereocenters. The lowest BCUT2D eigenvalue weighted by molar-refractivity contribution is -0.139. The van der Waals surface area contributed by atoms with Crippen LogP contribution in [-0.4, -0.2) is 51.1 Å². The summed E-state index contributed by atoms with van der Waals surface area (Å²) in [5.41, 5.74) is 4.45. The van der Waals surface area contributed by atoms with E-state index in [4.69, 9.17) is 9.47 Å². The van der Waals surface area contributed by atoms with E-state index in [1.165, 1.54) is 17.0 Å². The number of aromatic nitrogens is 2. The largest absolute Gasteiger partial charge is 0.480 e. The summed E-state index contributed by atoms with van der Waals surface area (Å²) in [4.78, 5) is 41.9. The van der Waals surface area contributed by atoms with Gasteiger partial charge in [0.1, 0.15) is 23.9 Å². The third-order valence-electron chi connectivity index (χ3n) is 6.59. The second kappa shape index (κ2) is 10.2. The van der Waals surface area contributed by atoms with Gasteiger partial charge in [-0.25, -0.2) is 23.9 Å². The minimum atomic E-state index is -1.29. The minimum absolute atomic E-state index is 0.0636. The molecule has 0 spiro atoms. The van der Waals surface area contributed by atoms with E-state index >= 15 is 0 Å². The Morgan fingerprint density at radius 3 is 2.26 bits per heavy atom. The number of fused-ring (bicyclic) bond motifs is 4. The molecule has 2 aromatic heterocycles. The molecule has 0 bridgehead atoms. The molecule has 200 valence electrons. The summed E-state index contributed by atoms with van der Waals surface area (Å²) < 4.78 is 12.3. The normalized spacial score (nSPS) is 13.4. The van der Waals surface area contributed by atoms with Crippen LogP contribution in [0.3, 0.4) is 0 Å². The number of benzene rings is 2. The Balaban J connectivity index is 1.31. The predicted molar refractivity (Wildman–Crippen MR) is 145 cm³/mol. The van der Waals surface area contributed by atoms with E-state index in [0.29, 0.717) is 16.6 Å². The number of hydrogen-bond acceptors (Lipinski definition) is 6. The smallest absolute Gasteiger partial charge is 0.420 e. The number of alkyl carbamates (subject to hydrolysis) is 1. The topological polar surface area (TPSA) is 120 Å². The number of amides is 1. The SMILES string of the molecule is CC(C)(C)OC(=O)n1cc(CC(NC(=O)OCC2c3ccccc3-c3ccccc32)C(=O)O)c2cccnc21. The number of carboxylic acids is 1. The molecule has 9 heteroatoms. The number of carboxylic acid groups (broad SMARTS) is 1. The number of hydrogen-bond donors (Lipinski definition) is 2. The fourth-order valence-electron chi connectivity index (χ4n) is 4.94. The van der Waals surface area contributed by atoms with Gasteiger partial charge in [0.25, 0.3) is 0 Å². The number of aliphatic carboxylic acids is 1. The highest BCUT2D eigenvalue weighted by Gasteiger charge is 2.30. The summed E-state index contributed by atoms with van der Waals surface area (Å²) in [7, 11) is 0. The maximum absolute atomic E-state index is 12.8. The molecule has 2 heterocycles. The molecule has 4 aromatic rings. The molecule has 2 aromatic carbocycles. The van der Waals surface area contributed by atoms with Crippen molar-refractivity contribution in [2.75, 3.05) is 6.61 Å². The van der Waals surface area contributed by atoms with Gasteiger partial charge in [-0.05, 0) is 60.7 Å². The van der Waals surface area contributed by atoms with Crippen LogP contribution in [-0.2, 0) is 20.7 Å². The monoisotopic (exact) mass is 527 g/mol. The van der Waals surface area contributed by atoms with Crippen molar-refractivity contribution in [2.45, 2.75) is 44.8 Å². The molecule has 5 rings (SSSR count). The number of carbonyl (C=O) groups is 3. The third kappa shape index (κ3) is 5.34. The van der Waals surface area contributed by atoms with Crippen molar-refractivity contribution in [2.24, 2.45) is 0 Å². The van der Waals surface area contributed by atoms with Gasteiger partial charge in [0, 0.05) is 30.1 Å². The van der Waals surface area contributed by atoms with Gasteiger partial charge in [0.15, 0.2) is 0 Å². The first-order valence-corrected chi connectivity index (χ1v) is 12.6. The van der Waals surface area contributed by atoms with Crippen LogP contribution in [0.15, 0.2) is 73.1 Å². The Labute approximate surface area is 225 Å². The molecular formula is C30H29N3O6. The zero-order valence-electron chi connectivity index (χ0n) is 21.9. The molecule has 2 N–H and O–H groups in total. The van der Waals surface area contributed by atoms with Crippen molar-refractivity contribution in [3.63, 3.8) is 0 Å². The van der Waals surface area contributed by atoms with E-state index in [1.807, 2.05) is 48.5 Å². The number of pyridine rings is 1. The van der Waals surface area contributed by atoms with Crippen LogP contribution < -0.4 is 5.32 Å². The number of nitrogens with one attached hydrogen (secondary N) is 1. The van der Waals surface area contributed by atoms with Crippen LogP contribution >= 0.6 is 0 Å². The first-order chi connectivity index (χ1) is 18.6. The van der Waals surface area contributed by atoms with E-state index in [0.717, 1.165) is 22.3 Å². The second-order valence-electron chi connectivity index (χ2n) is 10.4. The Kier molecular flexibility index (Phi) is 6.82. The van der Waals surface area contributed by atoms with Gasteiger partial charge in [-0.1, -0.05) is 48.5 Å². The Morgan fingerprint density at radius 1 is 1.00 bits per heavy atom. The number of ether oxygens (including phenoxy) is 2. The summed E-state index contributed by atoms with van der Waals surface area (Å²) in [5.74, 6) is -1.38. The van der Waals surface area contributed by atoms with Gasteiger partial charge >= 0.3 is 18.2 Å². The molecule has 0 fully saturated rings. The van der Waals surface area contributed by atoms with E-state index < -0.39 is 29.8 Å². The lowest BCUT2D eigenvalue weighted by Crippen LogP contribution is -2.42. The Morgan fingerprint density at radius 2 is 1.64 bits per heavy atom. The van der Waals surface area contributed by atoms with Gasteiger partial charge in [0.05, 0.1) is 0 Å². The molecule has 1 unspecified atom stereocenters. The maximum atomic E-state index is 12.8. The summed E-state index contributed by atoms with van der Waals surface area (Å²) in [5, 5.41) is 12.9. The quantitative estimate of drug-likeness (QED) is 0.347. The third-order valence-corrected chi connectivity index (χ3v) is 6.59. The van der Waals surface area contributed by atoms with Crippen LogP contribution in [0.4, 0.5) is 9.59 Å². The number of carbonyl (C=O) groups excluding carboxylic acids is 2. The highest BCUT2D eigenvalue weighted by atomic mass is 16.6. The molecule has 0 aliphatic heterocycles. The van der Waals surface area contributed by atoms with Crippen LogP contribution in [0.5, 0.6) is 0 Å². The molecule has 0 radical (unpaired) electrons. The standard InChI is InChI=1S/C30H29N3O6/c1-30(2,3)39-29(37)33-16-18(19-13-8-14-31-26(19)33)15-25(27(34)35)32-28(36)38-17-24-22-11-6-4-9-20(22)21-10-5-7-12-23(21)24/h4-14,16,24-25H,15,17H2,1-3H3,(H,32,36)(H,34,35). The Hall–Kier alpha value is -4.66. The van der Waals surface area contributed by atoms with Gasteiger partial charge in [-0.3, -0.25) is 0 Å². The van der Waals surface area contributed by atoms with Crippen molar-refractivity contribution in [3.05, 3.63) is 89.7 Å². The van der Waals surface area contributed by atoms with Crippen molar-refractivity contribution >= 4 is 29.2 Å². The van der Waals surface area contributed by atoms with Gasteiger partial charge < -0.3 is 19.9 Å². The van der Waals surface area contributed by atoms with Crippen molar-refractivity contribution in [1.82, 2.24) is 14.9 Å². The first kappa shape index (κ1) is 26.0. The molecule has 1 amide bonds. The average Bonchev–Trinajstić information content (AvgIpc) is 3.42. The fraction of sp³-hybridized carbons (Fsp3) is 0.267. The fourth-order valence-corrected chi connectivity index (χ4v) is 4.94. The van der Waals surface area contributed by atoms with Crippen molar-refractivity contribution < 1.29 is 29.0 Å². The molecule has 0 saturated heterocycles. The molecular weight excluding hydrogens is 498 g/mol. The molecule has 9 nitrogen and oxygen atoms in total.